The van der Waals surface area contributed by atoms with Crippen LogP contribution in [0, 0.1) is 5.82 Å². The molecule has 8 heteroatoms. The molecule has 1 aromatic heterocycles. The number of rotatable bonds is 7. The fourth-order valence-corrected chi connectivity index (χ4v) is 3.04. The van der Waals surface area contributed by atoms with E-state index < -0.39 is 0 Å². The third kappa shape index (κ3) is 4.43. The average Bonchev–Trinajstić information content (AvgIpc) is 2.97. The zero-order valence-corrected chi connectivity index (χ0v) is 14.8. The van der Waals surface area contributed by atoms with Crippen LogP contribution in [0.25, 0.3) is 11.4 Å². The second-order valence-electron chi connectivity index (χ2n) is 5.16. The van der Waals surface area contributed by atoms with Crippen molar-refractivity contribution >= 4 is 23.4 Å². The maximum atomic E-state index is 13.8. The fourth-order valence-electron chi connectivity index (χ4n) is 2.14. The lowest BCUT2D eigenvalue weighted by atomic mass is 10.2. The van der Waals surface area contributed by atoms with E-state index in [-0.39, 0.29) is 5.82 Å². The van der Waals surface area contributed by atoms with E-state index in [0.29, 0.717) is 28.2 Å². The first-order valence-electron chi connectivity index (χ1n) is 7.61. The quantitative estimate of drug-likeness (QED) is 0.382. The Morgan fingerprint density at radius 2 is 1.88 bits per heavy atom. The lowest BCUT2D eigenvalue weighted by molar-refractivity contribution is 0.318. The summed E-state index contributed by atoms with van der Waals surface area (Å²) in [6, 6.07) is 13.6. The number of nitrogen functional groups attached to an aromatic ring is 1. The topological polar surface area (TPSA) is 66.0 Å². The van der Waals surface area contributed by atoms with Crippen molar-refractivity contribution in [3.05, 3.63) is 59.4 Å². The zero-order chi connectivity index (χ0) is 17.6. The molecular formula is C17H16ClFN4OS. The summed E-state index contributed by atoms with van der Waals surface area (Å²) in [7, 11) is 0. The summed E-state index contributed by atoms with van der Waals surface area (Å²) in [5.74, 6) is 7.43. The maximum absolute atomic E-state index is 13.8. The molecule has 0 aliphatic rings. The highest BCUT2D eigenvalue weighted by atomic mass is 35.5. The molecule has 0 unspecified atom stereocenters. The lowest BCUT2D eigenvalue weighted by Gasteiger charge is -2.06. The molecule has 0 fully saturated rings. The van der Waals surface area contributed by atoms with Crippen LogP contribution in [-0.4, -0.2) is 27.2 Å². The minimum atomic E-state index is -0.380. The number of hydrogen-bond donors (Lipinski definition) is 1. The van der Waals surface area contributed by atoms with Crippen LogP contribution in [0.5, 0.6) is 5.75 Å². The highest BCUT2D eigenvalue weighted by Crippen LogP contribution is 2.24. The summed E-state index contributed by atoms with van der Waals surface area (Å²) in [6.07, 6.45) is 0.801. The van der Waals surface area contributed by atoms with Gasteiger partial charge in [-0.3, -0.25) is 0 Å². The molecule has 0 spiro atoms. The van der Waals surface area contributed by atoms with Crippen molar-refractivity contribution in [1.29, 1.82) is 0 Å². The van der Waals surface area contributed by atoms with E-state index in [2.05, 4.69) is 10.2 Å². The molecule has 0 amide bonds. The van der Waals surface area contributed by atoms with Crippen LogP contribution in [0.1, 0.15) is 6.42 Å². The molecule has 2 N–H and O–H groups in total. The highest BCUT2D eigenvalue weighted by Gasteiger charge is 2.14. The standard InChI is InChI=1S/C17H16ClFN4OS/c18-12-6-8-13(9-7-12)24-10-3-11-25-17-22-21-16(23(17)20)14-4-1-2-5-15(14)19/h1-2,4-9H,3,10-11,20H2. The molecule has 1 heterocycles. The van der Waals surface area contributed by atoms with Gasteiger partial charge in [-0.1, -0.05) is 35.5 Å². The average molecular weight is 379 g/mol. The van der Waals surface area contributed by atoms with Gasteiger partial charge < -0.3 is 10.6 Å². The Balaban J connectivity index is 1.51. The molecule has 0 saturated carbocycles. The Labute approximate surface area is 153 Å². The van der Waals surface area contributed by atoms with Crippen LogP contribution in [0.3, 0.4) is 0 Å². The minimum absolute atomic E-state index is 0.304. The van der Waals surface area contributed by atoms with Gasteiger partial charge in [-0.2, -0.15) is 0 Å². The molecule has 130 valence electrons. The summed E-state index contributed by atoms with van der Waals surface area (Å²) < 4.78 is 20.8. The number of halogens is 2. The highest BCUT2D eigenvalue weighted by molar-refractivity contribution is 7.99. The van der Waals surface area contributed by atoms with Crippen LogP contribution in [0.15, 0.2) is 53.7 Å². The van der Waals surface area contributed by atoms with Crippen molar-refractivity contribution in [2.75, 3.05) is 18.2 Å². The summed E-state index contributed by atoms with van der Waals surface area (Å²) in [4.78, 5) is 0. The lowest BCUT2D eigenvalue weighted by Crippen LogP contribution is -2.12. The SMILES string of the molecule is Nn1c(SCCCOc2ccc(Cl)cc2)nnc1-c1ccccc1F. The number of nitrogens with two attached hydrogens (primary N) is 1. The van der Waals surface area contributed by atoms with Crippen molar-refractivity contribution < 1.29 is 9.13 Å². The second kappa shape index (κ2) is 8.22. The van der Waals surface area contributed by atoms with Gasteiger partial charge in [-0.25, -0.2) is 9.07 Å². The molecule has 0 saturated heterocycles. The Kier molecular flexibility index (Phi) is 5.78. The third-order valence-electron chi connectivity index (χ3n) is 3.38. The summed E-state index contributed by atoms with van der Waals surface area (Å²) in [5.41, 5.74) is 0.329. The first-order chi connectivity index (χ1) is 12.1. The number of hydrogen-bond acceptors (Lipinski definition) is 5. The van der Waals surface area contributed by atoms with Crippen LogP contribution < -0.4 is 10.6 Å². The van der Waals surface area contributed by atoms with Crippen LogP contribution in [-0.2, 0) is 0 Å². The van der Waals surface area contributed by atoms with Crippen molar-refractivity contribution in [3.63, 3.8) is 0 Å². The third-order valence-corrected chi connectivity index (χ3v) is 4.66. The number of ether oxygens (including phenoxy) is 1. The first kappa shape index (κ1) is 17.6. The van der Waals surface area contributed by atoms with Crippen molar-refractivity contribution in [2.45, 2.75) is 11.6 Å². The van der Waals surface area contributed by atoms with Crippen molar-refractivity contribution in [1.82, 2.24) is 14.9 Å². The van der Waals surface area contributed by atoms with Gasteiger partial charge in [0, 0.05) is 10.8 Å². The second-order valence-corrected chi connectivity index (χ2v) is 6.66. The summed E-state index contributed by atoms with van der Waals surface area (Å²) in [6.45, 7) is 0.563. The molecule has 0 atom stereocenters. The van der Waals surface area contributed by atoms with Gasteiger partial charge in [0.05, 0.1) is 12.2 Å². The molecule has 0 aliphatic heterocycles. The fraction of sp³-hybridized carbons (Fsp3) is 0.176. The van der Waals surface area contributed by atoms with Gasteiger partial charge in [0.25, 0.3) is 0 Å². The zero-order valence-electron chi connectivity index (χ0n) is 13.2. The predicted molar refractivity (Wildman–Crippen MR) is 97.9 cm³/mol. The smallest absolute Gasteiger partial charge is 0.210 e. The van der Waals surface area contributed by atoms with Crippen LogP contribution in [0.4, 0.5) is 4.39 Å². The van der Waals surface area contributed by atoms with Gasteiger partial charge >= 0.3 is 0 Å². The van der Waals surface area contributed by atoms with E-state index in [0.717, 1.165) is 17.9 Å². The van der Waals surface area contributed by atoms with E-state index in [1.807, 2.05) is 12.1 Å². The van der Waals surface area contributed by atoms with Crippen LogP contribution in [0.2, 0.25) is 5.02 Å². The summed E-state index contributed by atoms with van der Waals surface area (Å²) in [5, 5.41) is 9.22. The largest absolute Gasteiger partial charge is 0.494 e. The normalized spacial score (nSPS) is 10.8. The van der Waals surface area contributed by atoms with E-state index in [4.69, 9.17) is 22.2 Å². The molecule has 2 aromatic carbocycles. The molecule has 0 bridgehead atoms. The van der Waals surface area contributed by atoms with E-state index in [1.165, 1.54) is 22.5 Å². The van der Waals surface area contributed by atoms with Gasteiger partial charge in [0.15, 0.2) is 5.82 Å². The summed E-state index contributed by atoms with van der Waals surface area (Å²) >= 11 is 7.27. The Hall–Kier alpha value is -2.25. The van der Waals surface area contributed by atoms with Gasteiger partial charge in [0.1, 0.15) is 11.6 Å². The molecule has 3 aromatic rings. The maximum Gasteiger partial charge on any atom is 0.210 e. The molecule has 3 rings (SSSR count). The number of benzene rings is 2. The van der Waals surface area contributed by atoms with E-state index >= 15 is 0 Å². The molecule has 0 aliphatic carbocycles. The molecule has 0 radical (unpaired) electrons. The Morgan fingerprint density at radius 3 is 2.64 bits per heavy atom. The Morgan fingerprint density at radius 1 is 1.12 bits per heavy atom. The molecule has 5 nitrogen and oxygen atoms in total. The van der Waals surface area contributed by atoms with E-state index in [1.54, 1.807) is 30.3 Å². The first-order valence-corrected chi connectivity index (χ1v) is 8.98. The van der Waals surface area contributed by atoms with Gasteiger partial charge in [0.2, 0.25) is 5.16 Å². The minimum Gasteiger partial charge on any atom is -0.494 e. The van der Waals surface area contributed by atoms with Crippen LogP contribution >= 0.6 is 23.4 Å². The van der Waals surface area contributed by atoms with Crippen molar-refractivity contribution in [2.24, 2.45) is 0 Å². The molecular weight excluding hydrogens is 363 g/mol. The number of thioether (sulfide) groups is 1. The number of aromatic nitrogens is 3. The predicted octanol–water partition coefficient (Wildman–Crippen LogP) is 4.01. The number of nitrogens with zero attached hydrogens (tertiary/aromatic N) is 3. The van der Waals surface area contributed by atoms with E-state index in [9.17, 15) is 4.39 Å². The van der Waals surface area contributed by atoms with Gasteiger partial charge in [-0.15, -0.1) is 10.2 Å². The van der Waals surface area contributed by atoms with Crippen molar-refractivity contribution in [3.8, 4) is 17.1 Å². The van der Waals surface area contributed by atoms with Gasteiger partial charge in [-0.05, 0) is 42.8 Å². The molecule has 25 heavy (non-hydrogen) atoms. The monoisotopic (exact) mass is 378 g/mol. The Bertz CT molecular complexity index is 841.